The fourth-order valence-corrected chi connectivity index (χ4v) is 3.51. The minimum absolute atomic E-state index is 0.0782. The van der Waals surface area contributed by atoms with Crippen molar-refractivity contribution in [1.82, 2.24) is 4.90 Å². The number of methoxy groups -OCH3 is 1. The molecule has 4 N–H and O–H groups in total. The second kappa shape index (κ2) is 10.6. The molecular formula is C20H22F4IN3O4. The lowest BCUT2D eigenvalue weighted by atomic mass is 9.91. The number of rotatable bonds is 5. The van der Waals surface area contributed by atoms with E-state index in [4.69, 9.17) is 20.4 Å². The van der Waals surface area contributed by atoms with Crippen LogP contribution in [0.15, 0.2) is 41.6 Å². The molecule has 1 fully saturated rings. The Hall–Kier alpha value is -2.19. The topological polar surface area (TPSA) is 105 Å². The highest BCUT2D eigenvalue weighted by atomic mass is 127. The number of carboxylic acid groups (broad SMARTS) is 1. The van der Waals surface area contributed by atoms with Gasteiger partial charge in [0.15, 0.2) is 0 Å². The number of carbonyl (C=O) groups is 2. The van der Waals surface area contributed by atoms with Crippen molar-refractivity contribution in [2.75, 3.05) is 32.1 Å². The van der Waals surface area contributed by atoms with Crippen molar-refractivity contribution in [3.05, 3.63) is 51.0 Å². The number of ether oxygens (including phenoxy) is 1. The van der Waals surface area contributed by atoms with Crippen LogP contribution in [0.25, 0.3) is 0 Å². The van der Waals surface area contributed by atoms with Gasteiger partial charge in [-0.3, -0.25) is 4.79 Å². The summed E-state index contributed by atoms with van der Waals surface area (Å²) < 4.78 is 52.1. The molecule has 1 amide bonds. The number of amides is 1. The highest BCUT2D eigenvalue weighted by Gasteiger charge is 2.45. The van der Waals surface area contributed by atoms with Crippen molar-refractivity contribution < 1.29 is 37.0 Å². The highest BCUT2D eigenvalue weighted by molar-refractivity contribution is 14.1. The third-order valence-electron chi connectivity index (χ3n) is 4.91. The quantitative estimate of drug-likeness (QED) is 0.371. The van der Waals surface area contributed by atoms with Crippen LogP contribution in [-0.2, 0) is 14.3 Å². The smallest absolute Gasteiger partial charge is 0.475 e. The third-order valence-corrected chi connectivity index (χ3v) is 5.58. The zero-order valence-corrected chi connectivity index (χ0v) is 19.2. The molecule has 0 atom stereocenters. The van der Waals surface area contributed by atoms with Crippen molar-refractivity contribution in [3.63, 3.8) is 0 Å². The van der Waals surface area contributed by atoms with Crippen molar-refractivity contribution in [1.29, 1.82) is 0 Å². The number of hydrogen-bond acceptors (Lipinski definition) is 5. The molecule has 1 saturated heterocycles. The Morgan fingerprint density at radius 1 is 1.34 bits per heavy atom. The molecule has 3 rings (SSSR count). The van der Waals surface area contributed by atoms with Crippen LogP contribution in [0.5, 0.6) is 0 Å². The van der Waals surface area contributed by atoms with Gasteiger partial charge in [-0.2, -0.15) is 13.2 Å². The van der Waals surface area contributed by atoms with Crippen LogP contribution in [0.3, 0.4) is 0 Å². The van der Waals surface area contributed by atoms with Crippen molar-refractivity contribution in [2.24, 2.45) is 5.73 Å². The minimum atomic E-state index is -5.08. The van der Waals surface area contributed by atoms with Crippen LogP contribution in [0.2, 0.25) is 0 Å². The van der Waals surface area contributed by atoms with E-state index in [1.165, 1.54) is 6.07 Å². The SMILES string of the molecule is COC1(CN)CN(C(=O)C2=C(Nc3ccc(I)cc3F)CCC=C2)C1.O=C(O)C(F)(F)F. The van der Waals surface area contributed by atoms with E-state index in [1.807, 2.05) is 18.2 Å². The first-order valence-electron chi connectivity index (χ1n) is 9.39. The summed E-state index contributed by atoms with van der Waals surface area (Å²) in [7, 11) is 1.61. The maximum atomic E-state index is 14.1. The molecule has 7 nitrogen and oxygen atoms in total. The number of benzene rings is 1. The Morgan fingerprint density at radius 3 is 2.47 bits per heavy atom. The number of allylic oxidation sites excluding steroid dienone is 2. The summed E-state index contributed by atoms with van der Waals surface area (Å²) >= 11 is 2.07. The summed E-state index contributed by atoms with van der Waals surface area (Å²) in [5.41, 5.74) is 7.00. The molecule has 0 radical (unpaired) electrons. The van der Waals surface area contributed by atoms with Gasteiger partial charge in [-0.15, -0.1) is 0 Å². The number of anilines is 1. The van der Waals surface area contributed by atoms with Gasteiger partial charge in [0.05, 0.1) is 24.4 Å². The first-order valence-corrected chi connectivity index (χ1v) is 10.5. The van der Waals surface area contributed by atoms with Crippen LogP contribution < -0.4 is 11.1 Å². The number of alkyl halides is 3. The van der Waals surface area contributed by atoms with Crippen molar-refractivity contribution in [3.8, 4) is 0 Å². The van der Waals surface area contributed by atoms with Gasteiger partial charge >= 0.3 is 12.1 Å². The largest absolute Gasteiger partial charge is 0.490 e. The Balaban J connectivity index is 0.000000451. The van der Waals surface area contributed by atoms with Gasteiger partial charge in [-0.05, 0) is 53.6 Å². The van der Waals surface area contributed by atoms with E-state index in [9.17, 15) is 22.4 Å². The number of nitrogens with one attached hydrogen (secondary N) is 1. The number of halogens is 5. The highest BCUT2D eigenvalue weighted by Crippen LogP contribution is 2.29. The van der Waals surface area contributed by atoms with E-state index in [-0.39, 0.29) is 11.7 Å². The molecule has 176 valence electrons. The van der Waals surface area contributed by atoms with E-state index >= 15 is 0 Å². The predicted molar refractivity (Wildman–Crippen MR) is 117 cm³/mol. The zero-order chi connectivity index (χ0) is 24.1. The molecular weight excluding hydrogens is 549 g/mol. The van der Waals surface area contributed by atoms with Crippen LogP contribution in [0.1, 0.15) is 12.8 Å². The van der Waals surface area contributed by atoms with Gasteiger partial charge in [0, 0.05) is 22.9 Å². The first-order chi connectivity index (χ1) is 14.9. The van der Waals surface area contributed by atoms with Gasteiger partial charge in [0.25, 0.3) is 5.91 Å². The van der Waals surface area contributed by atoms with Crippen LogP contribution in [0.4, 0.5) is 23.2 Å². The summed E-state index contributed by atoms with van der Waals surface area (Å²) in [5.74, 6) is -3.16. The van der Waals surface area contributed by atoms with Gasteiger partial charge in [0.2, 0.25) is 0 Å². The van der Waals surface area contributed by atoms with E-state index in [0.29, 0.717) is 37.3 Å². The number of likely N-dealkylation sites (tertiary alicyclic amines) is 1. The molecule has 0 bridgehead atoms. The number of hydrogen-bond donors (Lipinski definition) is 3. The van der Waals surface area contributed by atoms with E-state index < -0.39 is 17.7 Å². The lowest BCUT2D eigenvalue weighted by Crippen LogP contribution is -2.67. The summed E-state index contributed by atoms with van der Waals surface area (Å²) in [5, 5.41) is 10.2. The van der Waals surface area contributed by atoms with Gasteiger partial charge < -0.3 is 25.8 Å². The molecule has 0 spiro atoms. The van der Waals surface area contributed by atoms with Gasteiger partial charge in [-0.25, -0.2) is 9.18 Å². The zero-order valence-electron chi connectivity index (χ0n) is 17.0. The average Bonchev–Trinajstić information content (AvgIpc) is 2.70. The lowest BCUT2D eigenvalue weighted by Gasteiger charge is -2.48. The summed E-state index contributed by atoms with van der Waals surface area (Å²) in [6, 6.07) is 4.99. The standard InChI is InChI=1S/C18H21FIN3O2.C2HF3O2/c1-25-18(9-21)10-23(11-18)17(24)13-4-2-3-5-15(13)22-16-7-6-12(20)8-14(16)19;3-2(4,5)1(6)7/h2,4,6-8,22H,3,5,9-11,21H2,1H3;(H,6,7). The molecule has 32 heavy (non-hydrogen) atoms. The summed E-state index contributed by atoms with van der Waals surface area (Å²) in [6.45, 7) is 1.32. The summed E-state index contributed by atoms with van der Waals surface area (Å²) in [6.07, 6.45) is 0.183. The predicted octanol–water partition coefficient (Wildman–Crippen LogP) is 3.27. The fraction of sp³-hybridized carbons (Fsp3) is 0.400. The van der Waals surface area contributed by atoms with Gasteiger partial charge in [0.1, 0.15) is 11.4 Å². The van der Waals surface area contributed by atoms with E-state index in [2.05, 4.69) is 27.9 Å². The number of aliphatic carboxylic acids is 1. The monoisotopic (exact) mass is 571 g/mol. The molecule has 1 aromatic carbocycles. The molecule has 1 aliphatic heterocycles. The molecule has 1 aromatic rings. The number of carbonyl (C=O) groups excluding carboxylic acids is 1. The normalized spacial score (nSPS) is 17.3. The Morgan fingerprint density at radius 2 is 1.97 bits per heavy atom. The Bertz CT molecular complexity index is 922. The van der Waals surface area contributed by atoms with Crippen LogP contribution in [0, 0.1) is 9.39 Å². The number of carboxylic acids is 1. The Labute approximate surface area is 195 Å². The first kappa shape index (κ1) is 26.1. The molecule has 2 aliphatic rings. The van der Waals surface area contributed by atoms with Gasteiger partial charge in [-0.1, -0.05) is 12.2 Å². The van der Waals surface area contributed by atoms with E-state index in [0.717, 1.165) is 15.7 Å². The maximum absolute atomic E-state index is 14.1. The number of nitrogens with two attached hydrogens (primary N) is 1. The van der Waals surface area contributed by atoms with Crippen molar-refractivity contribution >= 4 is 40.2 Å². The lowest BCUT2D eigenvalue weighted by molar-refractivity contribution is -0.192. The second-order valence-electron chi connectivity index (χ2n) is 7.14. The van der Waals surface area contributed by atoms with Crippen LogP contribution >= 0.6 is 22.6 Å². The van der Waals surface area contributed by atoms with E-state index in [1.54, 1.807) is 18.1 Å². The summed E-state index contributed by atoms with van der Waals surface area (Å²) in [4.78, 5) is 23.4. The molecule has 1 heterocycles. The second-order valence-corrected chi connectivity index (χ2v) is 8.38. The maximum Gasteiger partial charge on any atom is 0.490 e. The minimum Gasteiger partial charge on any atom is -0.475 e. The molecule has 1 aliphatic carbocycles. The van der Waals surface area contributed by atoms with Crippen molar-refractivity contribution in [2.45, 2.75) is 24.6 Å². The molecule has 12 heteroatoms. The Kier molecular flexibility index (Phi) is 8.65. The third kappa shape index (κ3) is 6.42. The fourth-order valence-electron chi connectivity index (χ4n) is 3.05. The molecule has 0 aromatic heterocycles. The number of nitrogens with zero attached hydrogens (tertiary/aromatic N) is 1. The molecule has 0 saturated carbocycles. The average molecular weight is 571 g/mol. The molecule has 0 unspecified atom stereocenters. The van der Waals surface area contributed by atoms with Crippen LogP contribution in [-0.4, -0.2) is 60.4 Å².